The van der Waals surface area contributed by atoms with E-state index in [4.69, 9.17) is 5.73 Å². The van der Waals surface area contributed by atoms with Crippen molar-refractivity contribution in [1.29, 1.82) is 0 Å². The first-order chi connectivity index (χ1) is 9.79. The summed E-state index contributed by atoms with van der Waals surface area (Å²) < 4.78 is 25.9. The summed E-state index contributed by atoms with van der Waals surface area (Å²) in [4.78, 5) is 14.6. The first kappa shape index (κ1) is 16.2. The Morgan fingerprint density at radius 1 is 1.43 bits per heavy atom. The van der Waals surface area contributed by atoms with E-state index in [1.165, 1.54) is 17.8 Å². The Kier molecular flexibility index (Phi) is 4.88. The number of hydrogen-bond acceptors (Lipinski definition) is 3. The van der Waals surface area contributed by atoms with Crippen molar-refractivity contribution in [3.63, 3.8) is 0 Å². The van der Waals surface area contributed by atoms with Crippen LogP contribution in [0, 0.1) is 17.0 Å². The van der Waals surface area contributed by atoms with Gasteiger partial charge in [-0.25, -0.2) is 8.78 Å². The highest BCUT2D eigenvalue weighted by molar-refractivity contribution is 8.00. The molecular weight excluding hydrogens is 294 g/mol. The number of benzene rings is 1. The molecular formula is C15H20F2N2OS. The largest absolute Gasteiger partial charge is 0.341 e. The second-order valence-corrected chi connectivity index (χ2v) is 7.11. The van der Waals surface area contributed by atoms with Crippen molar-refractivity contribution in [2.24, 2.45) is 11.1 Å². The molecule has 6 heteroatoms. The molecule has 2 N–H and O–H groups in total. The second kappa shape index (κ2) is 6.32. The van der Waals surface area contributed by atoms with Crippen LogP contribution in [0.2, 0.25) is 0 Å². The Morgan fingerprint density at radius 3 is 2.76 bits per heavy atom. The van der Waals surface area contributed by atoms with Crippen molar-refractivity contribution in [3.8, 4) is 0 Å². The molecule has 1 aliphatic rings. The van der Waals surface area contributed by atoms with E-state index in [1.807, 2.05) is 0 Å². The number of piperidine rings is 1. The third-order valence-electron chi connectivity index (χ3n) is 3.92. The van der Waals surface area contributed by atoms with Crippen LogP contribution in [0.5, 0.6) is 0 Å². The number of hydrogen-bond donors (Lipinski definition) is 1. The third kappa shape index (κ3) is 3.95. The molecule has 0 bridgehead atoms. The fourth-order valence-corrected chi connectivity index (χ4v) is 3.21. The van der Waals surface area contributed by atoms with Gasteiger partial charge in [-0.15, -0.1) is 11.8 Å². The van der Waals surface area contributed by atoms with Gasteiger partial charge < -0.3 is 10.6 Å². The first-order valence-corrected chi connectivity index (χ1v) is 7.89. The first-order valence-electron chi connectivity index (χ1n) is 6.91. The summed E-state index contributed by atoms with van der Waals surface area (Å²) in [5, 5.41) is 0. The van der Waals surface area contributed by atoms with E-state index in [9.17, 15) is 13.6 Å². The molecule has 0 aliphatic carbocycles. The summed E-state index contributed by atoms with van der Waals surface area (Å²) >= 11 is 1.22. The minimum absolute atomic E-state index is 0.00436. The summed E-state index contributed by atoms with van der Waals surface area (Å²) in [5.74, 6) is -1.55. The lowest BCUT2D eigenvalue weighted by Gasteiger charge is -2.42. The molecule has 1 unspecified atom stereocenters. The standard InChI is InChI=1S/C15H20F2N2OS/c1-15(2)9-19(6-5-13(15)18)14(20)8-21-10-3-4-11(16)12(17)7-10/h3-4,7,13H,5-6,8-9,18H2,1-2H3. The van der Waals surface area contributed by atoms with E-state index in [0.29, 0.717) is 18.0 Å². The Labute approximate surface area is 127 Å². The molecule has 116 valence electrons. The molecule has 1 fully saturated rings. The molecule has 1 amide bonds. The van der Waals surface area contributed by atoms with Gasteiger partial charge in [0.05, 0.1) is 5.75 Å². The van der Waals surface area contributed by atoms with E-state index in [0.717, 1.165) is 18.6 Å². The van der Waals surface area contributed by atoms with Gasteiger partial charge in [0, 0.05) is 24.0 Å². The van der Waals surface area contributed by atoms with Gasteiger partial charge in [0.1, 0.15) is 0 Å². The zero-order valence-corrected chi connectivity index (χ0v) is 13.1. The molecule has 1 saturated heterocycles. The summed E-state index contributed by atoms with van der Waals surface area (Å²) in [6.07, 6.45) is 0.786. The average molecular weight is 314 g/mol. The van der Waals surface area contributed by atoms with Gasteiger partial charge in [-0.2, -0.15) is 0 Å². The lowest BCUT2D eigenvalue weighted by Crippen LogP contribution is -2.54. The van der Waals surface area contributed by atoms with E-state index in [1.54, 1.807) is 4.90 Å². The molecule has 0 saturated carbocycles. The lowest BCUT2D eigenvalue weighted by molar-refractivity contribution is -0.131. The highest BCUT2D eigenvalue weighted by Gasteiger charge is 2.35. The van der Waals surface area contributed by atoms with Crippen LogP contribution in [-0.4, -0.2) is 35.7 Å². The summed E-state index contributed by atoms with van der Waals surface area (Å²) in [5.41, 5.74) is 5.95. The molecule has 0 aromatic heterocycles. The fourth-order valence-electron chi connectivity index (χ4n) is 2.39. The number of carbonyl (C=O) groups is 1. The van der Waals surface area contributed by atoms with Gasteiger partial charge >= 0.3 is 0 Å². The number of carbonyl (C=O) groups excluding carboxylic acids is 1. The third-order valence-corrected chi connectivity index (χ3v) is 4.90. The zero-order valence-electron chi connectivity index (χ0n) is 12.2. The topological polar surface area (TPSA) is 46.3 Å². The molecule has 1 heterocycles. The number of likely N-dealkylation sites (tertiary alicyclic amines) is 1. The Morgan fingerprint density at radius 2 is 2.14 bits per heavy atom. The SMILES string of the molecule is CC1(C)CN(C(=O)CSc2ccc(F)c(F)c2)CCC1N. The predicted octanol–water partition coefficient (Wildman–Crippen LogP) is 2.64. The summed E-state index contributed by atoms with van der Waals surface area (Å²) in [7, 11) is 0. The van der Waals surface area contributed by atoms with Gasteiger partial charge in [0.15, 0.2) is 11.6 Å². The van der Waals surface area contributed by atoms with Crippen LogP contribution in [0.15, 0.2) is 23.1 Å². The molecule has 21 heavy (non-hydrogen) atoms. The minimum atomic E-state index is -0.891. The van der Waals surface area contributed by atoms with Crippen molar-refractivity contribution in [2.45, 2.75) is 31.2 Å². The highest BCUT2D eigenvalue weighted by atomic mass is 32.2. The van der Waals surface area contributed by atoms with Crippen LogP contribution in [-0.2, 0) is 4.79 Å². The molecule has 1 aromatic carbocycles. The molecule has 3 nitrogen and oxygen atoms in total. The van der Waals surface area contributed by atoms with Crippen LogP contribution in [0.4, 0.5) is 8.78 Å². The van der Waals surface area contributed by atoms with Crippen molar-refractivity contribution in [3.05, 3.63) is 29.8 Å². The number of nitrogens with two attached hydrogens (primary N) is 1. The fraction of sp³-hybridized carbons (Fsp3) is 0.533. The van der Waals surface area contributed by atoms with Crippen LogP contribution < -0.4 is 5.73 Å². The van der Waals surface area contributed by atoms with E-state index in [2.05, 4.69) is 13.8 Å². The van der Waals surface area contributed by atoms with Crippen LogP contribution in [0.3, 0.4) is 0 Å². The maximum atomic E-state index is 13.1. The number of halogens is 2. The van der Waals surface area contributed by atoms with E-state index < -0.39 is 11.6 Å². The molecule has 1 atom stereocenters. The second-order valence-electron chi connectivity index (χ2n) is 6.06. The Bertz CT molecular complexity index is 536. The Hall–Kier alpha value is -1.14. The summed E-state index contributed by atoms with van der Waals surface area (Å²) in [6.45, 7) is 5.40. The van der Waals surface area contributed by atoms with Crippen molar-refractivity contribution >= 4 is 17.7 Å². The number of nitrogens with zero attached hydrogens (tertiary/aromatic N) is 1. The van der Waals surface area contributed by atoms with Crippen molar-refractivity contribution in [2.75, 3.05) is 18.8 Å². The van der Waals surface area contributed by atoms with Crippen LogP contribution in [0.25, 0.3) is 0 Å². The Balaban J connectivity index is 1.91. The molecule has 1 aromatic rings. The van der Waals surface area contributed by atoms with Crippen molar-refractivity contribution < 1.29 is 13.6 Å². The quantitative estimate of drug-likeness (QED) is 0.873. The maximum absolute atomic E-state index is 13.1. The zero-order chi connectivity index (χ0) is 15.6. The number of rotatable bonds is 3. The highest BCUT2D eigenvalue weighted by Crippen LogP contribution is 2.28. The van der Waals surface area contributed by atoms with Gasteiger partial charge in [-0.1, -0.05) is 13.8 Å². The number of thioether (sulfide) groups is 1. The lowest BCUT2D eigenvalue weighted by atomic mass is 9.80. The van der Waals surface area contributed by atoms with Gasteiger partial charge in [-0.3, -0.25) is 4.79 Å². The normalized spacial score (nSPS) is 21.4. The number of amides is 1. The van der Waals surface area contributed by atoms with Gasteiger partial charge in [0.2, 0.25) is 5.91 Å². The average Bonchev–Trinajstić information content (AvgIpc) is 2.42. The van der Waals surface area contributed by atoms with Crippen LogP contribution in [0.1, 0.15) is 20.3 Å². The molecule has 1 aliphatic heterocycles. The van der Waals surface area contributed by atoms with E-state index in [-0.39, 0.29) is 23.1 Å². The van der Waals surface area contributed by atoms with Crippen LogP contribution >= 0.6 is 11.8 Å². The summed E-state index contributed by atoms with van der Waals surface area (Å²) in [6, 6.07) is 3.77. The predicted molar refractivity (Wildman–Crippen MR) is 80.0 cm³/mol. The van der Waals surface area contributed by atoms with Gasteiger partial charge in [0.25, 0.3) is 0 Å². The minimum Gasteiger partial charge on any atom is -0.341 e. The smallest absolute Gasteiger partial charge is 0.232 e. The molecule has 0 radical (unpaired) electrons. The maximum Gasteiger partial charge on any atom is 0.232 e. The molecule has 2 rings (SSSR count). The van der Waals surface area contributed by atoms with Gasteiger partial charge in [-0.05, 0) is 30.0 Å². The monoisotopic (exact) mass is 314 g/mol. The molecule has 0 spiro atoms. The van der Waals surface area contributed by atoms with E-state index >= 15 is 0 Å². The van der Waals surface area contributed by atoms with Crippen molar-refractivity contribution in [1.82, 2.24) is 4.90 Å².